The normalized spacial score (nSPS) is 11.2. The van der Waals surface area contributed by atoms with Gasteiger partial charge in [-0.05, 0) is 20.8 Å². The van der Waals surface area contributed by atoms with Crippen LogP contribution in [0.2, 0.25) is 0 Å². The van der Waals surface area contributed by atoms with Crippen LogP contribution in [0.25, 0.3) is 0 Å². The van der Waals surface area contributed by atoms with Crippen molar-refractivity contribution in [2.75, 3.05) is 13.2 Å². The van der Waals surface area contributed by atoms with Gasteiger partial charge in [0.25, 0.3) is 5.70 Å². The smallest absolute Gasteiger partial charge is 0.325 e. The van der Waals surface area contributed by atoms with Gasteiger partial charge in [0.1, 0.15) is 0 Å². The van der Waals surface area contributed by atoms with Crippen LogP contribution in [0.1, 0.15) is 34.6 Å². The molecule has 0 aliphatic heterocycles. The Morgan fingerprint density at radius 3 is 1.87 bits per heavy atom. The minimum Gasteiger partial charge on any atom is -0.465 e. The Morgan fingerprint density at radius 2 is 1.61 bits per heavy atom. The lowest BCUT2D eigenvalue weighted by Gasteiger charge is -2.15. The highest BCUT2D eigenvalue weighted by molar-refractivity contribution is 5.99. The summed E-state index contributed by atoms with van der Waals surface area (Å²) in [5.41, 5.74) is -0.561. The average Bonchev–Trinajstić information content (AvgIpc) is 2.50. The Hall–Kier alpha value is -2.44. The molecule has 0 aromatic carbocycles. The van der Waals surface area contributed by atoms with Crippen molar-refractivity contribution in [3.05, 3.63) is 46.2 Å². The lowest BCUT2D eigenvalue weighted by atomic mass is 9.96. The maximum Gasteiger partial charge on any atom is 0.325 e. The van der Waals surface area contributed by atoms with E-state index in [4.69, 9.17) is 9.47 Å². The summed E-state index contributed by atoms with van der Waals surface area (Å²) in [6, 6.07) is 0. The second-order valence-electron chi connectivity index (χ2n) is 3.74. The quantitative estimate of drug-likeness (QED) is 0.223. The monoisotopic (exact) mass is 327 g/mol. The third kappa shape index (κ3) is 7.39. The van der Waals surface area contributed by atoms with Crippen LogP contribution in [-0.4, -0.2) is 30.1 Å². The molecule has 0 saturated carbocycles. The van der Waals surface area contributed by atoms with Gasteiger partial charge in [0, 0.05) is 6.08 Å². The van der Waals surface area contributed by atoms with Crippen LogP contribution in [0.15, 0.2) is 36.1 Å². The Balaban J connectivity index is 0. The Bertz CT molecular complexity index is 461. The predicted octanol–water partition coefficient (Wildman–Crippen LogP) is 3.05. The molecule has 0 saturated heterocycles. The topological polar surface area (TPSA) is 95.7 Å². The third-order valence-corrected chi connectivity index (χ3v) is 2.39. The van der Waals surface area contributed by atoms with Crippen molar-refractivity contribution in [3.8, 4) is 0 Å². The van der Waals surface area contributed by atoms with E-state index in [-0.39, 0.29) is 18.8 Å². The summed E-state index contributed by atoms with van der Waals surface area (Å²) in [5, 5.41) is 11.1. The van der Waals surface area contributed by atoms with Crippen molar-refractivity contribution in [2.24, 2.45) is 5.92 Å². The maximum atomic E-state index is 12.0. The Morgan fingerprint density at radius 1 is 1.17 bits per heavy atom. The van der Waals surface area contributed by atoms with E-state index in [1.54, 1.807) is 20.8 Å². The van der Waals surface area contributed by atoms with E-state index in [1.807, 2.05) is 13.8 Å². The van der Waals surface area contributed by atoms with E-state index < -0.39 is 28.5 Å². The molecule has 0 N–H and O–H groups in total. The van der Waals surface area contributed by atoms with Gasteiger partial charge in [-0.25, -0.2) is 0 Å². The summed E-state index contributed by atoms with van der Waals surface area (Å²) in [4.78, 5) is 34.3. The molecule has 130 valence electrons. The number of esters is 2. The van der Waals surface area contributed by atoms with E-state index in [1.165, 1.54) is 12.2 Å². The number of hydrogen-bond donors (Lipinski definition) is 0. The van der Waals surface area contributed by atoms with Crippen molar-refractivity contribution in [3.63, 3.8) is 0 Å². The number of carbonyl (C=O) groups excluding carboxylic acids is 2. The summed E-state index contributed by atoms with van der Waals surface area (Å²) in [6.45, 7) is 12.2. The fraction of sp³-hybridized carbons (Fsp3) is 0.500. The minimum atomic E-state index is -1.51. The van der Waals surface area contributed by atoms with Crippen molar-refractivity contribution >= 4 is 11.9 Å². The van der Waals surface area contributed by atoms with Gasteiger partial charge in [0.2, 0.25) is 0 Å². The summed E-state index contributed by atoms with van der Waals surface area (Å²) >= 11 is 0. The summed E-state index contributed by atoms with van der Waals surface area (Å²) < 4.78 is 9.62. The van der Waals surface area contributed by atoms with Crippen LogP contribution in [0.4, 0.5) is 0 Å². The van der Waals surface area contributed by atoms with E-state index in [9.17, 15) is 19.7 Å². The molecule has 0 heterocycles. The Labute approximate surface area is 136 Å². The zero-order chi connectivity index (χ0) is 18.4. The first-order chi connectivity index (χ1) is 10.9. The third-order valence-electron chi connectivity index (χ3n) is 2.39. The number of rotatable bonds is 8. The SMILES string of the molecule is C=C/C(=C(\C=C/C)C(C(=O)OCC)C(=O)OCC)[N+](=O)[O-].CC. The lowest BCUT2D eigenvalue weighted by Crippen LogP contribution is -2.30. The van der Waals surface area contributed by atoms with Gasteiger partial charge in [-0.15, -0.1) is 0 Å². The van der Waals surface area contributed by atoms with E-state index >= 15 is 0 Å². The van der Waals surface area contributed by atoms with Crippen LogP contribution < -0.4 is 0 Å². The zero-order valence-electron chi connectivity index (χ0n) is 14.3. The van der Waals surface area contributed by atoms with Crippen LogP contribution in [0.3, 0.4) is 0 Å². The number of carbonyl (C=O) groups is 2. The highest BCUT2D eigenvalue weighted by atomic mass is 16.6. The van der Waals surface area contributed by atoms with E-state index in [0.717, 1.165) is 6.08 Å². The van der Waals surface area contributed by atoms with Crippen LogP contribution >= 0.6 is 0 Å². The molecule has 0 bridgehead atoms. The summed E-state index contributed by atoms with van der Waals surface area (Å²) in [6.07, 6.45) is 3.76. The molecule has 0 aliphatic carbocycles. The van der Waals surface area contributed by atoms with Gasteiger partial charge in [0.05, 0.1) is 23.7 Å². The molecule has 23 heavy (non-hydrogen) atoms. The standard InChI is InChI=1S/C14H19NO6.C2H6/c1-5-9-10(11(6-2)15(18)19)12(13(16)20-7-3)14(17)21-8-4;1-2/h5-6,9,12H,2,7-8H2,1,3-4H3;1-2H3/b9-5-,11-10-;. The summed E-state index contributed by atoms with van der Waals surface area (Å²) in [5.74, 6) is -3.31. The Kier molecular flexibility index (Phi) is 13.1. The molecule has 0 unspecified atom stereocenters. The zero-order valence-corrected chi connectivity index (χ0v) is 14.3. The van der Waals surface area contributed by atoms with Crippen molar-refractivity contribution in [1.82, 2.24) is 0 Å². The highest BCUT2D eigenvalue weighted by Gasteiger charge is 2.36. The molecular weight excluding hydrogens is 302 g/mol. The van der Waals surface area contributed by atoms with Crippen LogP contribution in [-0.2, 0) is 19.1 Å². The average molecular weight is 327 g/mol. The molecule has 0 aromatic heterocycles. The molecule has 7 heteroatoms. The van der Waals surface area contributed by atoms with Gasteiger partial charge in [-0.2, -0.15) is 0 Å². The second-order valence-corrected chi connectivity index (χ2v) is 3.74. The van der Waals surface area contributed by atoms with E-state index in [0.29, 0.717) is 0 Å². The van der Waals surface area contributed by atoms with Gasteiger partial charge in [0.15, 0.2) is 5.92 Å². The minimum absolute atomic E-state index is 0.0414. The van der Waals surface area contributed by atoms with Crippen molar-refractivity contribution in [1.29, 1.82) is 0 Å². The maximum absolute atomic E-state index is 12.0. The number of hydrogen-bond acceptors (Lipinski definition) is 6. The molecule has 0 amide bonds. The molecule has 0 spiro atoms. The number of nitro groups is 1. The molecule has 0 rings (SSSR count). The molecule has 7 nitrogen and oxygen atoms in total. The molecular formula is C16H25NO6. The fourth-order valence-electron chi connectivity index (χ4n) is 1.61. The first-order valence-corrected chi connectivity index (χ1v) is 7.41. The molecule has 0 fully saturated rings. The first kappa shape index (κ1) is 22.8. The fourth-order valence-corrected chi connectivity index (χ4v) is 1.61. The predicted molar refractivity (Wildman–Crippen MR) is 87.1 cm³/mol. The number of ether oxygens (including phenoxy) is 2. The van der Waals surface area contributed by atoms with Crippen molar-refractivity contribution in [2.45, 2.75) is 34.6 Å². The van der Waals surface area contributed by atoms with Gasteiger partial charge >= 0.3 is 11.9 Å². The summed E-state index contributed by atoms with van der Waals surface area (Å²) in [7, 11) is 0. The van der Waals surface area contributed by atoms with Gasteiger partial charge in [-0.1, -0.05) is 32.6 Å². The van der Waals surface area contributed by atoms with E-state index in [2.05, 4.69) is 6.58 Å². The van der Waals surface area contributed by atoms with Gasteiger partial charge < -0.3 is 9.47 Å². The molecule has 0 atom stereocenters. The molecule has 0 aliphatic rings. The van der Waals surface area contributed by atoms with Crippen LogP contribution in [0.5, 0.6) is 0 Å². The second kappa shape index (κ2) is 13.2. The van der Waals surface area contributed by atoms with Gasteiger partial charge in [-0.3, -0.25) is 19.7 Å². The largest absolute Gasteiger partial charge is 0.465 e. The number of allylic oxidation sites excluding steroid dienone is 3. The first-order valence-electron chi connectivity index (χ1n) is 7.41. The lowest BCUT2D eigenvalue weighted by molar-refractivity contribution is -0.420. The van der Waals surface area contributed by atoms with Crippen molar-refractivity contribution < 1.29 is 24.0 Å². The number of nitrogens with zero attached hydrogens (tertiary/aromatic N) is 1. The molecule has 0 aromatic rings. The highest BCUT2D eigenvalue weighted by Crippen LogP contribution is 2.22. The molecule has 0 radical (unpaired) electrons. The van der Waals surface area contributed by atoms with Crippen LogP contribution in [0, 0.1) is 16.0 Å².